The van der Waals surface area contributed by atoms with E-state index < -0.39 is 6.67 Å². The zero-order chi connectivity index (χ0) is 34.0. The average molecular weight is 665 g/mol. The Labute approximate surface area is 283 Å². The highest BCUT2D eigenvalue weighted by molar-refractivity contribution is 5.73. The standard InChI is InChI=1S/C37H41FN8O3/c1-23-19-43(27-21-49-22-27)9-10-44(23)26-5-6-33(40-18-26)41-30-13-25(20-42(4)35(30)47)28-7-8-39-34(29(28)17-38)46-12-11-45-31(36(46)48)14-24-15-37(2,3)16-32(24)45/h5-8,11-14,18,20,23,27H,9-10,15-17,19,21-22H2,1-4H3,(H,40,41)/t23-/m0/s1. The third-order valence-corrected chi connectivity index (χ3v) is 10.4. The maximum Gasteiger partial charge on any atom is 0.280 e. The van der Waals surface area contributed by atoms with Crippen molar-refractivity contribution in [2.24, 2.45) is 12.5 Å². The Balaban J connectivity index is 1.07. The first kappa shape index (κ1) is 31.5. The molecule has 1 atom stereocenters. The molecule has 3 aliphatic rings. The number of aromatic nitrogens is 5. The van der Waals surface area contributed by atoms with E-state index in [0.717, 1.165) is 57.1 Å². The van der Waals surface area contributed by atoms with E-state index in [1.807, 2.05) is 35.0 Å². The molecule has 12 heteroatoms. The molecule has 254 valence electrons. The van der Waals surface area contributed by atoms with Gasteiger partial charge in [-0.1, -0.05) is 13.8 Å². The minimum atomic E-state index is -0.850. The Morgan fingerprint density at radius 2 is 1.88 bits per heavy atom. The van der Waals surface area contributed by atoms with Gasteiger partial charge in [-0.25, -0.2) is 14.4 Å². The third-order valence-electron chi connectivity index (χ3n) is 10.4. The number of anilines is 3. The number of halogens is 1. The van der Waals surface area contributed by atoms with Crippen molar-refractivity contribution < 1.29 is 9.13 Å². The van der Waals surface area contributed by atoms with E-state index in [9.17, 15) is 14.0 Å². The summed E-state index contributed by atoms with van der Waals surface area (Å²) in [5, 5.41) is 3.19. The number of rotatable bonds is 7. The molecule has 1 N–H and O–H groups in total. The van der Waals surface area contributed by atoms with Gasteiger partial charge in [0.2, 0.25) is 0 Å². The van der Waals surface area contributed by atoms with Crippen LogP contribution in [0.15, 0.2) is 70.9 Å². The van der Waals surface area contributed by atoms with Crippen LogP contribution in [0.25, 0.3) is 22.5 Å². The van der Waals surface area contributed by atoms with Gasteiger partial charge in [0.1, 0.15) is 29.5 Å². The Hall–Kier alpha value is -4.81. The van der Waals surface area contributed by atoms with Crippen LogP contribution < -0.4 is 21.3 Å². The van der Waals surface area contributed by atoms with E-state index in [0.29, 0.717) is 40.2 Å². The summed E-state index contributed by atoms with van der Waals surface area (Å²) in [5.41, 5.74) is 5.28. The van der Waals surface area contributed by atoms with Crippen LogP contribution in [0, 0.1) is 5.41 Å². The molecule has 2 fully saturated rings. The lowest BCUT2D eigenvalue weighted by molar-refractivity contribution is -0.0691. The molecule has 0 spiro atoms. The lowest BCUT2D eigenvalue weighted by Crippen LogP contribution is -2.59. The van der Waals surface area contributed by atoms with Crippen LogP contribution >= 0.6 is 0 Å². The van der Waals surface area contributed by atoms with E-state index in [4.69, 9.17) is 4.74 Å². The number of ether oxygens (including phenoxy) is 1. The van der Waals surface area contributed by atoms with Crippen molar-refractivity contribution in [2.75, 3.05) is 43.1 Å². The summed E-state index contributed by atoms with van der Waals surface area (Å²) in [6.45, 7) is 10.3. The molecule has 11 nitrogen and oxygen atoms in total. The number of nitrogens with one attached hydrogen (secondary N) is 1. The summed E-state index contributed by atoms with van der Waals surface area (Å²) >= 11 is 0. The maximum absolute atomic E-state index is 14.9. The van der Waals surface area contributed by atoms with Crippen LogP contribution in [0.4, 0.5) is 21.6 Å². The van der Waals surface area contributed by atoms with Crippen LogP contribution in [0.2, 0.25) is 0 Å². The van der Waals surface area contributed by atoms with Crippen molar-refractivity contribution in [3.63, 3.8) is 0 Å². The van der Waals surface area contributed by atoms with Gasteiger partial charge in [-0.2, -0.15) is 0 Å². The SMILES string of the molecule is C[C@H]1CN(C2COC2)CCN1c1ccc(Nc2cc(-c3ccnc(-n4ccn5c6c(cc5c4=O)CC(C)(C)C6)c3CF)cn(C)c2=O)nc1. The summed E-state index contributed by atoms with van der Waals surface area (Å²) in [7, 11) is 1.66. The average Bonchev–Trinajstić information content (AvgIpc) is 3.55. The van der Waals surface area contributed by atoms with Crippen LogP contribution in [-0.2, 0) is 31.3 Å². The Morgan fingerprint density at radius 1 is 1.04 bits per heavy atom. The van der Waals surface area contributed by atoms with Gasteiger partial charge in [-0.05, 0) is 66.6 Å². The molecule has 0 aromatic carbocycles. The number of aryl methyl sites for hydroxylation is 1. The van der Waals surface area contributed by atoms with Crippen molar-refractivity contribution in [3.05, 3.63) is 98.8 Å². The molecule has 5 aromatic rings. The first-order valence-electron chi connectivity index (χ1n) is 16.9. The molecule has 2 saturated heterocycles. The highest BCUT2D eigenvalue weighted by Gasteiger charge is 2.33. The number of hydrogen-bond donors (Lipinski definition) is 1. The minimum absolute atomic E-state index is 0.154. The normalized spacial score (nSPS) is 19.3. The van der Waals surface area contributed by atoms with Gasteiger partial charge in [-0.15, -0.1) is 0 Å². The second-order valence-electron chi connectivity index (χ2n) is 14.5. The van der Waals surface area contributed by atoms with Crippen LogP contribution in [0.1, 0.15) is 37.6 Å². The lowest BCUT2D eigenvalue weighted by Gasteiger charge is -2.46. The molecule has 0 saturated carbocycles. The van der Waals surface area contributed by atoms with Crippen molar-refractivity contribution in [3.8, 4) is 16.9 Å². The van der Waals surface area contributed by atoms with Gasteiger partial charge in [-0.3, -0.25) is 19.1 Å². The van der Waals surface area contributed by atoms with Gasteiger partial charge in [0.05, 0.1) is 31.1 Å². The monoisotopic (exact) mass is 664 g/mol. The molecule has 0 bridgehead atoms. The van der Waals surface area contributed by atoms with Crippen LogP contribution in [0.3, 0.4) is 0 Å². The van der Waals surface area contributed by atoms with E-state index >= 15 is 0 Å². The first-order chi connectivity index (χ1) is 23.6. The number of fused-ring (bicyclic) bond motifs is 3. The molecule has 0 unspecified atom stereocenters. The van der Waals surface area contributed by atoms with E-state index in [1.165, 1.54) is 14.7 Å². The second kappa shape index (κ2) is 12.0. The summed E-state index contributed by atoms with van der Waals surface area (Å²) in [5.74, 6) is 0.755. The quantitative estimate of drug-likeness (QED) is 0.272. The van der Waals surface area contributed by atoms with E-state index in [-0.39, 0.29) is 27.9 Å². The number of pyridine rings is 3. The highest BCUT2D eigenvalue weighted by atomic mass is 19.1. The minimum Gasteiger partial charge on any atom is -0.378 e. The summed E-state index contributed by atoms with van der Waals surface area (Å²) < 4.78 is 25.2. The number of piperazine rings is 1. The number of hydrogen-bond acceptors (Lipinski definition) is 8. The highest BCUT2D eigenvalue weighted by Crippen LogP contribution is 2.37. The number of alkyl halides is 1. The first-order valence-corrected chi connectivity index (χ1v) is 16.9. The molecular formula is C37H41FN8O3. The molecule has 0 radical (unpaired) electrons. The van der Waals surface area contributed by atoms with Gasteiger partial charge >= 0.3 is 0 Å². The van der Waals surface area contributed by atoms with Crippen LogP contribution in [0.5, 0.6) is 0 Å². The maximum atomic E-state index is 14.9. The molecule has 1 aliphatic carbocycles. The predicted molar refractivity (Wildman–Crippen MR) is 188 cm³/mol. The van der Waals surface area contributed by atoms with Gasteiger partial charge in [0.25, 0.3) is 11.1 Å². The van der Waals surface area contributed by atoms with Gasteiger partial charge in [0.15, 0.2) is 0 Å². The van der Waals surface area contributed by atoms with Gasteiger partial charge < -0.3 is 23.9 Å². The van der Waals surface area contributed by atoms with Crippen molar-refractivity contribution in [1.82, 2.24) is 28.4 Å². The van der Waals surface area contributed by atoms with Crippen LogP contribution in [-0.4, -0.2) is 73.3 Å². The van der Waals surface area contributed by atoms with Crippen molar-refractivity contribution in [1.29, 1.82) is 0 Å². The summed E-state index contributed by atoms with van der Waals surface area (Å²) in [6, 6.07) is 10.1. The molecule has 5 aromatic heterocycles. The zero-order valence-corrected chi connectivity index (χ0v) is 28.3. The van der Waals surface area contributed by atoms with Gasteiger partial charge in [0, 0.05) is 74.3 Å². The Morgan fingerprint density at radius 3 is 2.59 bits per heavy atom. The summed E-state index contributed by atoms with van der Waals surface area (Å²) in [4.78, 5) is 41.0. The number of nitrogens with zero attached hydrogens (tertiary/aromatic N) is 7. The predicted octanol–water partition coefficient (Wildman–Crippen LogP) is 4.49. The summed E-state index contributed by atoms with van der Waals surface area (Å²) in [6.07, 6.45) is 10.4. The smallest absolute Gasteiger partial charge is 0.280 e. The Bertz CT molecular complexity index is 2180. The van der Waals surface area contributed by atoms with E-state index in [2.05, 4.69) is 45.9 Å². The molecular weight excluding hydrogens is 623 g/mol. The fraction of sp³-hybridized carbons (Fsp3) is 0.405. The second-order valence-corrected chi connectivity index (χ2v) is 14.5. The molecule has 2 aliphatic heterocycles. The lowest BCUT2D eigenvalue weighted by atomic mass is 9.90. The fourth-order valence-electron chi connectivity index (χ4n) is 7.77. The topological polar surface area (TPSA) is 102 Å². The largest absolute Gasteiger partial charge is 0.378 e. The van der Waals surface area contributed by atoms with Crippen molar-refractivity contribution >= 4 is 22.7 Å². The van der Waals surface area contributed by atoms with Crippen molar-refractivity contribution in [2.45, 2.75) is 52.4 Å². The Kier molecular flexibility index (Phi) is 7.68. The molecule has 49 heavy (non-hydrogen) atoms. The van der Waals surface area contributed by atoms with E-state index in [1.54, 1.807) is 37.8 Å². The zero-order valence-electron chi connectivity index (χ0n) is 28.3. The third kappa shape index (κ3) is 5.52. The molecule has 0 amide bonds. The fourth-order valence-corrected chi connectivity index (χ4v) is 7.77. The molecule has 8 rings (SSSR count). The molecule has 7 heterocycles.